The number of hydrogen-bond donors (Lipinski definition) is 2. The second kappa shape index (κ2) is 12.3. The summed E-state index contributed by atoms with van der Waals surface area (Å²) >= 11 is 0. The highest BCUT2D eigenvalue weighted by Crippen LogP contribution is 2.50. The van der Waals surface area contributed by atoms with E-state index in [9.17, 15) is 9.90 Å². The lowest BCUT2D eigenvalue weighted by atomic mass is 9.99. The van der Waals surface area contributed by atoms with Gasteiger partial charge in [0, 0.05) is 11.1 Å². The van der Waals surface area contributed by atoms with Gasteiger partial charge in [-0.2, -0.15) is 0 Å². The Morgan fingerprint density at radius 2 is 1.26 bits per heavy atom. The van der Waals surface area contributed by atoms with Gasteiger partial charge in [0.2, 0.25) is 11.5 Å². The maximum Gasteiger partial charge on any atom is 0.511 e. The van der Waals surface area contributed by atoms with Crippen molar-refractivity contribution in [2.45, 2.75) is 79.1 Å². The smallest absolute Gasteiger partial charge is 0.502 e. The average molecular weight is 382 g/mol. The van der Waals surface area contributed by atoms with Gasteiger partial charge in [0.05, 0.1) is 13.2 Å². The first-order valence-electron chi connectivity index (χ1n) is 10.1. The molecule has 1 rings (SSSR count). The van der Waals surface area contributed by atoms with Crippen molar-refractivity contribution in [2.24, 2.45) is 0 Å². The molecule has 0 heterocycles. The maximum atomic E-state index is 11.1. The topological polar surface area (TPSA) is 85.2 Å². The van der Waals surface area contributed by atoms with Gasteiger partial charge in [-0.1, -0.05) is 53.4 Å². The summed E-state index contributed by atoms with van der Waals surface area (Å²) in [4.78, 5) is 11.1. The van der Waals surface area contributed by atoms with Crippen LogP contribution in [0.2, 0.25) is 0 Å². The average Bonchev–Trinajstić information content (AvgIpc) is 2.65. The molecule has 0 spiro atoms. The Morgan fingerprint density at radius 3 is 1.70 bits per heavy atom. The fourth-order valence-electron chi connectivity index (χ4n) is 3.05. The van der Waals surface area contributed by atoms with E-state index in [-0.39, 0.29) is 17.2 Å². The van der Waals surface area contributed by atoms with Crippen molar-refractivity contribution in [3.8, 4) is 23.0 Å². The molecule has 0 amide bonds. The highest BCUT2D eigenvalue weighted by Gasteiger charge is 2.27. The highest BCUT2D eigenvalue weighted by atomic mass is 16.7. The third-order valence-corrected chi connectivity index (χ3v) is 4.43. The van der Waals surface area contributed by atoms with Crippen LogP contribution in [0.3, 0.4) is 0 Å². The van der Waals surface area contributed by atoms with Gasteiger partial charge < -0.3 is 24.4 Å². The molecule has 0 saturated heterocycles. The third-order valence-electron chi connectivity index (χ3n) is 4.43. The number of benzene rings is 1. The number of phenolic OH excluding ortho intramolecular Hbond substituents is 1. The van der Waals surface area contributed by atoms with E-state index < -0.39 is 6.16 Å². The van der Waals surface area contributed by atoms with Gasteiger partial charge >= 0.3 is 6.16 Å². The molecule has 0 radical (unpaired) electrons. The molecule has 0 aliphatic heterocycles. The molecule has 1 aromatic rings. The quantitative estimate of drug-likeness (QED) is 0.258. The van der Waals surface area contributed by atoms with Crippen LogP contribution < -0.4 is 14.2 Å². The first-order valence-corrected chi connectivity index (χ1v) is 10.1. The molecule has 6 heteroatoms. The van der Waals surface area contributed by atoms with E-state index in [1.165, 1.54) is 0 Å². The Kier molecular flexibility index (Phi) is 10.5. The van der Waals surface area contributed by atoms with Gasteiger partial charge in [0.15, 0.2) is 11.5 Å². The Labute approximate surface area is 162 Å². The van der Waals surface area contributed by atoms with Gasteiger partial charge in [-0.3, -0.25) is 0 Å². The van der Waals surface area contributed by atoms with E-state index in [0.717, 1.165) is 44.1 Å². The van der Waals surface area contributed by atoms with Crippen molar-refractivity contribution in [3.05, 3.63) is 11.1 Å². The van der Waals surface area contributed by atoms with Gasteiger partial charge in [0.25, 0.3) is 0 Å². The molecule has 1 aromatic carbocycles. The molecule has 0 aliphatic rings. The summed E-state index contributed by atoms with van der Waals surface area (Å²) in [7, 11) is 0. The first-order chi connectivity index (χ1) is 13.0. The lowest BCUT2D eigenvalue weighted by Gasteiger charge is -2.22. The second-order valence-electron chi connectivity index (χ2n) is 6.48. The third kappa shape index (κ3) is 6.52. The van der Waals surface area contributed by atoms with Gasteiger partial charge in [0.1, 0.15) is 0 Å². The van der Waals surface area contributed by atoms with E-state index in [0.29, 0.717) is 37.4 Å². The van der Waals surface area contributed by atoms with Gasteiger partial charge in [-0.05, 0) is 25.7 Å². The van der Waals surface area contributed by atoms with Crippen LogP contribution in [-0.4, -0.2) is 29.6 Å². The fourth-order valence-corrected chi connectivity index (χ4v) is 3.05. The van der Waals surface area contributed by atoms with Crippen LogP contribution in [0.25, 0.3) is 0 Å². The Morgan fingerprint density at radius 1 is 0.778 bits per heavy atom. The number of carboxylic acid groups (broad SMARTS) is 1. The normalized spacial score (nSPS) is 10.7. The number of phenols is 1. The van der Waals surface area contributed by atoms with Crippen LogP contribution in [0.4, 0.5) is 4.79 Å². The molecule has 0 atom stereocenters. The Bertz CT molecular complexity index is 597. The number of carbonyl (C=O) groups is 1. The summed E-state index contributed by atoms with van der Waals surface area (Å²) < 4.78 is 16.8. The summed E-state index contributed by atoms with van der Waals surface area (Å²) in [5.41, 5.74) is 1.47. The minimum absolute atomic E-state index is 0.0479. The molecule has 0 aromatic heterocycles. The van der Waals surface area contributed by atoms with Crippen molar-refractivity contribution in [1.82, 2.24) is 0 Å². The summed E-state index contributed by atoms with van der Waals surface area (Å²) in [5.74, 6) is 0.354. The van der Waals surface area contributed by atoms with Crippen LogP contribution in [0.1, 0.15) is 77.3 Å². The zero-order valence-electron chi connectivity index (χ0n) is 17.1. The van der Waals surface area contributed by atoms with Crippen molar-refractivity contribution < 1.29 is 29.2 Å². The van der Waals surface area contributed by atoms with Crippen molar-refractivity contribution in [2.75, 3.05) is 13.2 Å². The Hall–Kier alpha value is -2.11. The predicted molar refractivity (Wildman–Crippen MR) is 106 cm³/mol. The minimum Gasteiger partial charge on any atom is -0.502 e. The zero-order chi connectivity index (χ0) is 20.2. The van der Waals surface area contributed by atoms with Crippen LogP contribution in [-0.2, 0) is 12.8 Å². The minimum atomic E-state index is -1.46. The van der Waals surface area contributed by atoms with Crippen LogP contribution in [0.5, 0.6) is 23.0 Å². The zero-order valence-corrected chi connectivity index (χ0v) is 17.1. The predicted octanol–water partition coefficient (Wildman–Crippen LogP) is 5.71. The largest absolute Gasteiger partial charge is 0.511 e. The molecule has 0 aliphatic carbocycles. The summed E-state index contributed by atoms with van der Waals surface area (Å²) in [6.45, 7) is 9.03. The van der Waals surface area contributed by atoms with Crippen molar-refractivity contribution in [1.29, 1.82) is 0 Å². The number of unbranched alkanes of at least 4 members (excludes halogenated alkanes) is 4. The van der Waals surface area contributed by atoms with Crippen molar-refractivity contribution in [3.63, 3.8) is 0 Å². The lowest BCUT2D eigenvalue weighted by Crippen LogP contribution is -2.11. The summed E-state index contributed by atoms with van der Waals surface area (Å²) in [6, 6.07) is 0. The molecule has 6 nitrogen and oxygen atoms in total. The first kappa shape index (κ1) is 22.9. The number of hydrogen-bond acceptors (Lipinski definition) is 5. The molecule has 0 fully saturated rings. The maximum absolute atomic E-state index is 11.1. The van der Waals surface area contributed by atoms with Crippen molar-refractivity contribution >= 4 is 6.16 Å². The standard InChI is InChI=1S/C21H34O6/c1-5-9-11-13-25-19-16(8-4)15(7-3)18(27-21(23)24)17(22)20(19)26-14-12-10-6-2/h22H,5-14H2,1-4H3,(H,23,24). The van der Waals surface area contributed by atoms with Gasteiger partial charge in [-0.25, -0.2) is 4.79 Å². The van der Waals surface area contributed by atoms with E-state index in [1.807, 2.05) is 13.8 Å². The summed E-state index contributed by atoms with van der Waals surface area (Å²) in [5, 5.41) is 19.8. The SMILES string of the molecule is CCCCCOc1c(O)c(OC(=O)O)c(CC)c(CC)c1OCCCCC. The van der Waals surface area contributed by atoms with Crippen LogP contribution >= 0.6 is 0 Å². The molecule has 0 saturated carbocycles. The molecule has 154 valence electrons. The number of aromatic hydroxyl groups is 1. The number of rotatable bonds is 13. The van der Waals surface area contributed by atoms with Crippen LogP contribution in [0, 0.1) is 0 Å². The van der Waals surface area contributed by atoms with E-state index in [2.05, 4.69) is 13.8 Å². The lowest BCUT2D eigenvalue weighted by molar-refractivity contribution is 0.141. The molecule has 0 unspecified atom stereocenters. The van der Waals surface area contributed by atoms with E-state index >= 15 is 0 Å². The molecular formula is C21H34O6. The van der Waals surface area contributed by atoms with E-state index in [1.54, 1.807) is 0 Å². The second-order valence-corrected chi connectivity index (χ2v) is 6.48. The monoisotopic (exact) mass is 382 g/mol. The number of ether oxygens (including phenoxy) is 3. The Balaban J connectivity index is 3.34. The molecule has 2 N–H and O–H groups in total. The fraction of sp³-hybridized carbons (Fsp3) is 0.667. The molecule has 27 heavy (non-hydrogen) atoms. The van der Waals surface area contributed by atoms with E-state index in [4.69, 9.17) is 19.3 Å². The molecule has 0 bridgehead atoms. The van der Waals surface area contributed by atoms with Crippen LogP contribution in [0.15, 0.2) is 0 Å². The summed E-state index contributed by atoms with van der Waals surface area (Å²) in [6.07, 6.45) is 5.63. The van der Waals surface area contributed by atoms with Gasteiger partial charge in [-0.15, -0.1) is 0 Å². The molecular weight excluding hydrogens is 348 g/mol. The highest BCUT2D eigenvalue weighted by molar-refractivity contribution is 5.71.